The maximum Gasteiger partial charge on any atom is 0.230 e. The molecule has 0 unspecified atom stereocenters. The van der Waals surface area contributed by atoms with Crippen LogP contribution in [0.5, 0.6) is 0 Å². The van der Waals surface area contributed by atoms with Gasteiger partial charge in [-0.05, 0) is 40.9 Å². The number of para-hydroxylation sites is 1. The molecular weight excluding hydrogens is 316 g/mol. The number of hydrogen-bond donors (Lipinski definition) is 1. The second kappa shape index (κ2) is 5.17. The van der Waals surface area contributed by atoms with E-state index in [4.69, 9.17) is 0 Å². The Morgan fingerprint density at radius 1 is 1.35 bits per heavy atom. The number of hydrogen-bond acceptors (Lipinski definition) is 2. The molecule has 0 radical (unpaired) electrons. The molecule has 0 bridgehead atoms. The molecule has 2 aromatic rings. The van der Waals surface area contributed by atoms with Gasteiger partial charge in [-0.3, -0.25) is 9.78 Å². The Bertz CT molecular complexity index is 663. The lowest BCUT2D eigenvalue weighted by Gasteiger charge is -2.22. The zero-order valence-corrected chi connectivity index (χ0v) is 13.0. The summed E-state index contributed by atoms with van der Waals surface area (Å²) in [5, 5.41) is 4.09. The number of aromatic nitrogens is 1. The number of amides is 1. The van der Waals surface area contributed by atoms with Crippen LogP contribution in [0.2, 0.25) is 0 Å². The second-order valence-corrected chi connectivity index (χ2v) is 6.67. The second-order valence-electron chi connectivity index (χ2n) is 5.75. The van der Waals surface area contributed by atoms with E-state index < -0.39 is 0 Å². The summed E-state index contributed by atoms with van der Waals surface area (Å²) in [5.41, 5.74) is 1.41. The Morgan fingerprint density at radius 2 is 2.10 bits per heavy atom. The molecule has 3 rings (SSSR count). The summed E-state index contributed by atoms with van der Waals surface area (Å²) in [6.45, 7) is 2.06. The Kier molecular flexibility index (Phi) is 3.50. The van der Waals surface area contributed by atoms with Gasteiger partial charge in [0.25, 0.3) is 0 Å². The third kappa shape index (κ3) is 2.44. The van der Waals surface area contributed by atoms with Gasteiger partial charge in [0.2, 0.25) is 5.91 Å². The number of anilines is 1. The highest BCUT2D eigenvalue weighted by Gasteiger charge is 2.36. The van der Waals surface area contributed by atoms with Crippen LogP contribution in [0.1, 0.15) is 32.6 Å². The molecule has 0 saturated heterocycles. The monoisotopic (exact) mass is 332 g/mol. The van der Waals surface area contributed by atoms with Crippen molar-refractivity contribution >= 4 is 38.4 Å². The van der Waals surface area contributed by atoms with E-state index in [1.165, 1.54) is 0 Å². The Balaban J connectivity index is 1.93. The lowest BCUT2D eigenvalue weighted by Crippen LogP contribution is -2.30. The fraction of sp³-hybridized carbons (Fsp3) is 0.375. The molecule has 1 aromatic heterocycles. The van der Waals surface area contributed by atoms with E-state index in [0.717, 1.165) is 46.7 Å². The molecule has 1 saturated carbocycles. The van der Waals surface area contributed by atoms with Crippen LogP contribution in [0.25, 0.3) is 10.9 Å². The Morgan fingerprint density at radius 3 is 2.85 bits per heavy atom. The van der Waals surface area contributed by atoms with Crippen LogP contribution in [-0.4, -0.2) is 10.9 Å². The molecule has 20 heavy (non-hydrogen) atoms. The summed E-state index contributed by atoms with van der Waals surface area (Å²) in [6.07, 6.45) is 6.00. The highest BCUT2D eigenvalue weighted by molar-refractivity contribution is 9.10. The molecular formula is C16H17BrN2O. The van der Waals surface area contributed by atoms with Gasteiger partial charge < -0.3 is 5.32 Å². The van der Waals surface area contributed by atoms with Crippen LogP contribution in [0.15, 0.2) is 34.9 Å². The van der Waals surface area contributed by atoms with Gasteiger partial charge in [-0.25, -0.2) is 0 Å². The summed E-state index contributed by atoms with van der Waals surface area (Å²) < 4.78 is 0.941. The third-order valence-electron chi connectivity index (χ3n) is 4.18. The van der Waals surface area contributed by atoms with Crippen molar-refractivity contribution in [2.24, 2.45) is 5.41 Å². The van der Waals surface area contributed by atoms with E-state index in [-0.39, 0.29) is 11.3 Å². The van der Waals surface area contributed by atoms with E-state index in [2.05, 4.69) is 33.2 Å². The molecule has 1 aromatic carbocycles. The van der Waals surface area contributed by atoms with Crippen molar-refractivity contribution in [1.82, 2.24) is 4.98 Å². The standard InChI is InChI=1S/C16H17BrN2O/c1-16(7-2-3-8-16)15(20)19-13-6-4-5-11-9-12(17)10-18-14(11)13/h4-6,9-10H,2-3,7-8H2,1H3,(H,19,20). The molecule has 104 valence electrons. The van der Waals surface area contributed by atoms with Gasteiger partial charge in [-0.1, -0.05) is 31.9 Å². The van der Waals surface area contributed by atoms with Crippen LogP contribution < -0.4 is 5.32 Å². The van der Waals surface area contributed by atoms with E-state index in [0.29, 0.717) is 0 Å². The predicted octanol–water partition coefficient (Wildman–Crippen LogP) is 4.52. The molecule has 4 heteroatoms. The zero-order chi connectivity index (χ0) is 14.2. The number of carbonyl (C=O) groups is 1. The van der Waals surface area contributed by atoms with E-state index >= 15 is 0 Å². The van der Waals surface area contributed by atoms with Gasteiger partial charge in [-0.15, -0.1) is 0 Å². The summed E-state index contributed by atoms with van der Waals surface area (Å²) in [4.78, 5) is 16.9. The van der Waals surface area contributed by atoms with Gasteiger partial charge in [0, 0.05) is 21.5 Å². The number of fused-ring (bicyclic) bond motifs is 1. The summed E-state index contributed by atoms with van der Waals surface area (Å²) in [6, 6.07) is 7.87. The first kappa shape index (κ1) is 13.6. The van der Waals surface area contributed by atoms with E-state index in [9.17, 15) is 4.79 Å². The summed E-state index contributed by atoms with van der Waals surface area (Å²) in [5.74, 6) is 0.118. The number of rotatable bonds is 2. The molecule has 1 aliphatic rings. The molecule has 1 heterocycles. The van der Waals surface area contributed by atoms with Gasteiger partial charge in [0.05, 0.1) is 11.2 Å². The first-order valence-electron chi connectivity index (χ1n) is 6.94. The van der Waals surface area contributed by atoms with Gasteiger partial charge in [0.15, 0.2) is 0 Å². The lowest BCUT2D eigenvalue weighted by atomic mass is 9.88. The fourth-order valence-electron chi connectivity index (χ4n) is 2.89. The molecule has 0 spiro atoms. The average molecular weight is 333 g/mol. The molecule has 1 N–H and O–H groups in total. The minimum Gasteiger partial charge on any atom is -0.324 e. The van der Waals surface area contributed by atoms with Gasteiger partial charge in [0.1, 0.15) is 0 Å². The minimum absolute atomic E-state index is 0.118. The Hall–Kier alpha value is -1.42. The van der Waals surface area contributed by atoms with Crippen molar-refractivity contribution in [1.29, 1.82) is 0 Å². The molecule has 0 aliphatic heterocycles. The number of nitrogens with zero attached hydrogens (tertiary/aromatic N) is 1. The van der Waals surface area contributed by atoms with Crippen LogP contribution in [-0.2, 0) is 4.79 Å². The first-order chi connectivity index (χ1) is 9.58. The number of halogens is 1. The first-order valence-corrected chi connectivity index (χ1v) is 7.74. The molecule has 0 atom stereocenters. The smallest absolute Gasteiger partial charge is 0.230 e. The van der Waals surface area contributed by atoms with Crippen molar-refractivity contribution in [3.63, 3.8) is 0 Å². The van der Waals surface area contributed by atoms with Gasteiger partial charge >= 0.3 is 0 Å². The molecule has 3 nitrogen and oxygen atoms in total. The van der Waals surface area contributed by atoms with Crippen LogP contribution in [0.4, 0.5) is 5.69 Å². The number of pyridine rings is 1. The van der Waals surface area contributed by atoms with E-state index in [1.54, 1.807) is 6.20 Å². The SMILES string of the molecule is CC1(C(=O)Nc2cccc3cc(Br)cnc23)CCCC1. The maximum atomic E-state index is 12.5. The largest absolute Gasteiger partial charge is 0.324 e. The van der Waals surface area contributed by atoms with Crippen LogP contribution in [0.3, 0.4) is 0 Å². The third-order valence-corrected chi connectivity index (χ3v) is 4.61. The number of benzene rings is 1. The van der Waals surface area contributed by atoms with Gasteiger partial charge in [-0.2, -0.15) is 0 Å². The summed E-state index contributed by atoms with van der Waals surface area (Å²) >= 11 is 3.42. The Labute approximate surface area is 126 Å². The molecule has 1 aliphatic carbocycles. The highest BCUT2D eigenvalue weighted by Crippen LogP contribution is 2.38. The lowest BCUT2D eigenvalue weighted by molar-refractivity contribution is -0.124. The molecule has 1 fully saturated rings. The fourth-order valence-corrected chi connectivity index (χ4v) is 3.24. The average Bonchev–Trinajstić information content (AvgIpc) is 2.87. The molecule has 1 amide bonds. The normalized spacial score (nSPS) is 17.3. The number of carbonyl (C=O) groups excluding carboxylic acids is 1. The van der Waals surface area contributed by atoms with Crippen LogP contribution in [0, 0.1) is 5.41 Å². The number of nitrogens with one attached hydrogen (secondary N) is 1. The van der Waals surface area contributed by atoms with Crippen molar-refractivity contribution < 1.29 is 4.79 Å². The topological polar surface area (TPSA) is 42.0 Å². The van der Waals surface area contributed by atoms with Crippen LogP contribution >= 0.6 is 15.9 Å². The predicted molar refractivity (Wildman–Crippen MR) is 84.6 cm³/mol. The van der Waals surface area contributed by atoms with Crippen molar-refractivity contribution in [2.75, 3.05) is 5.32 Å². The summed E-state index contributed by atoms with van der Waals surface area (Å²) in [7, 11) is 0. The van der Waals surface area contributed by atoms with Crippen molar-refractivity contribution in [3.8, 4) is 0 Å². The van der Waals surface area contributed by atoms with Crippen molar-refractivity contribution in [2.45, 2.75) is 32.6 Å². The highest BCUT2D eigenvalue weighted by atomic mass is 79.9. The van der Waals surface area contributed by atoms with E-state index in [1.807, 2.05) is 24.3 Å². The zero-order valence-electron chi connectivity index (χ0n) is 11.4. The van der Waals surface area contributed by atoms with Crippen molar-refractivity contribution in [3.05, 3.63) is 34.9 Å². The maximum absolute atomic E-state index is 12.5. The quantitative estimate of drug-likeness (QED) is 0.878. The minimum atomic E-state index is -0.225.